The van der Waals surface area contributed by atoms with Crippen LogP contribution in [0.25, 0.3) is 11.3 Å². The maximum atomic E-state index is 13.6. The molecule has 3 saturated heterocycles. The third-order valence-corrected chi connectivity index (χ3v) is 16.6. The molecule has 3 aromatic heterocycles. The highest BCUT2D eigenvalue weighted by atomic mass is 16.5. The molecular weight excluding hydrogens is 907 g/mol. The van der Waals surface area contributed by atoms with Crippen LogP contribution in [0.3, 0.4) is 0 Å². The average molecular weight is 974 g/mol. The van der Waals surface area contributed by atoms with Crippen LogP contribution in [0, 0.1) is 22.2 Å². The lowest BCUT2D eigenvalue weighted by Crippen LogP contribution is -2.74. The molecule has 0 atom stereocenters. The SMILES string of the molecule is COc1cc(OC2C(C)(C)C(NC(=O)c3ccc(N4CCN(C5CN(c6ccc(-c7cc8c(cn7)N(c7nn(C9CCOCC9)c9c7CN(C(C)=O)CC9)CCC8)cn6)C5)CC4)cc3)C2(C)C)ccc1C#N. The van der Waals surface area contributed by atoms with Crippen molar-refractivity contribution in [3.05, 3.63) is 101 Å². The predicted molar refractivity (Wildman–Crippen MR) is 276 cm³/mol. The van der Waals surface area contributed by atoms with E-state index in [0.717, 1.165) is 132 Å². The van der Waals surface area contributed by atoms with Gasteiger partial charge in [-0.1, -0.05) is 27.7 Å². The van der Waals surface area contributed by atoms with E-state index in [1.807, 2.05) is 29.4 Å². The number of rotatable bonds is 11. The molecule has 5 aliphatic heterocycles. The minimum absolute atomic E-state index is 0.0913. The van der Waals surface area contributed by atoms with Crippen LogP contribution in [0.5, 0.6) is 11.5 Å². The fourth-order valence-corrected chi connectivity index (χ4v) is 12.8. The van der Waals surface area contributed by atoms with Crippen molar-refractivity contribution in [2.24, 2.45) is 10.8 Å². The lowest BCUT2D eigenvalue weighted by atomic mass is 9.49. The van der Waals surface area contributed by atoms with Gasteiger partial charge in [0.1, 0.15) is 29.5 Å². The third-order valence-electron chi connectivity index (χ3n) is 16.6. The number of pyridine rings is 2. The van der Waals surface area contributed by atoms with Crippen LogP contribution in [0.4, 0.5) is 23.0 Å². The topological polar surface area (TPSA) is 157 Å². The number of carbonyl (C=O) groups excluding carboxylic acids is 2. The lowest BCUT2D eigenvalue weighted by molar-refractivity contribution is -0.164. The molecule has 4 fully saturated rings. The number of fused-ring (bicyclic) bond motifs is 2. The number of aromatic nitrogens is 4. The number of methoxy groups -OCH3 is 1. The molecule has 0 bridgehead atoms. The van der Waals surface area contributed by atoms with Gasteiger partial charge in [-0.05, 0) is 85.8 Å². The second kappa shape index (κ2) is 19.0. The molecule has 16 heteroatoms. The number of nitrogens with one attached hydrogen (secondary N) is 1. The van der Waals surface area contributed by atoms with Crippen molar-refractivity contribution in [2.75, 3.05) is 87.4 Å². The Hall–Kier alpha value is -6.70. The van der Waals surface area contributed by atoms with E-state index in [-0.39, 0.29) is 34.8 Å². The van der Waals surface area contributed by atoms with Gasteiger partial charge in [0.2, 0.25) is 5.91 Å². The molecule has 72 heavy (non-hydrogen) atoms. The summed E-state index contributed by atoms with van der Waals surface area (Å²) in [5.41, 5.74) is 8.28. The molecule has 1 N–H and O–H groups in total. The quantitative estimate of drug-likeness (QED) is 0.142. The summed E-state index contributed by atoms with van der Waals surface area (Å²) in [4.78, 5) is 47.8. The largest absolute Gasteiger partial charge is 0.495 e. The molecule has 1 saturated carbocycles. The molecule has 2 amide bonds. The van der Waals surface area contributed by atoms with E-state index in [1.54, 1.807) is 32.2 Å². The van der Waals surface area contributed by atoms with E-state index in [1.165, 1.54) is 16.8 Å². The maximum absolute atomic E-state index is 13.6. The minimum atomic E-state index is -0.341. The Morgan fingerprint density at radius 3 is 2.31 bits per heavy atom. The van der Waals surface area contributed by atoms with E-state index in [4.69, 9.17) is 29.3 Å². The van der Waals surface area contributed by atoms with Crippen LogP contribution < -0.4 is 29.5 Å². The summed E-state index contributed by atoms with van der Waals surface area (Å²) in [6.45, 7) is 19.6. The van der Waals surface area contributed by atoms with Gasteiger partial charge in [0.05, 0.1) is 42.8 Å². The Labute approximate surface area is 422 Å². The van der Waals surface area contributed by atoms with Gasteiger partial charge in [0, 0.05) is 142 Å². The number of nitrogens with zero attached hydrogens (tertiary/aromatic N) is 10. The number of nitriles is 1. The fourth-order valence-electron chi connectivity index (χ4n) is 12.8. The molecule has 1 aliphatic carbocycles. The number of carbonyl (C=O) groups is 2. The molecule has 0 radical (unpaired) electrons. The maximum Gasteiger partial charge on any atom is 0.251 e. The number of hydrogen-bond acceptors (Lipinski definition) is 13. The number of anilines is 4. The predicted octanol–water partition coefficient (Wildman–Crippen LogP) is 7.18. The van der Waals surface area contributed by atoms with E-state index < -0.39 is 0 Å². The first kappa shape index (κ1) is 47.6. The first-order valence-electron chi connectivity index (χ1n) is 25.9. The number of hydrogen-bond donors (Lipinski definition) is 1. The van der Waals surface area contributed by atoms with Crippen LogP contribution in [0.1, 0.15) is 92.7 Å². The highest BCUT2D eigenvalue weighted by Gasteiger charge is 2.64. The highest BCUT2D eigenvalue weighted by molar-refractivity contribution is 5.95. The van der Waals surface area contributed by atoms with Gasteiger partial charge in [-0.15, -0.1) is 0 Å². The lowest BCUT2D eigenvalue weighted by Gasteiger charge is -2.63. The van der Waals surface area contributed by atoms with Crippen molar-refractivity contribution in [3.8, 4) is 28.8 Å². The van der Waals surface area contributed by atoms with Crippen molar-refractivity contribution in [1.82, 2.24) is 34.9 Å². The molecule has 0 unspecified atom stereocenters. The van der Waals surface area contributed by atoms with E-state index in [0.29, 0.717) is 41.3 Å². The Kier molecular flexibility index (Phi) is 12.6. The smallest absolute Gasteiger partial charge is 0.251 e. The van der Waals surface area contributed by atoms with Crippen molar-refractivity contribution >= 4 is 34.8 Å². The molecule has 0 spiro atoms. The van der Waals surface area contributed by atoms with Crippen LogP contribution in [-0.2, 0) is 28.9 Å². The van der Waals surface area contributed by atoms with Gasteiger partial charge < -0.3 is 39.1 Å². The van der Waals surface area contributed by atoms with Gasteiger partial charge in [-0.25, -0.2) is 4.98 Å². The molecule has 2 aromatic carbocycles. The van der Waals surface area contributed by atoms with Crippen molar-refractivity contribution in [3.63, 3.8) is 0 Å². The Bertz CT molecular complexity index is 2860. The number of piperazine rings is 1. The van der Waals surface area contributed by atoms with E-state index >= 15 is 0 Å². The van der Waals surface area contributed by atoms with Crippen LogP contribution >= 0.6 is 0 Å². The zero-order chi connectivity index (χ0) is 49.9. The normalized spacial score (nSPS) is 22.0. The molecule has 376 valence electrons. The summed E-state index contributed by atoms with van der Waals surface area (Å²) >= 11 is 0. The Morgan fingerprint density at radius 2 is 1.61 bits per heavy atom. The molecular formula is C56H67N11O5. The number of benzene rings is 2. The highest BCUT2D eigenvalue weighted by Crippen LogP contribution is 2.56. The summed E-state index contributed by atoms with van der Waals surface area (Å²) in [6.07, 6.45) is 8.53. The van der Waals surface area contributed by atoms with Gasteiger partial charge in [0.15, 0.2) is 5.82 Å². The molecule has 16 nitrogen and oxygen atoms in total. The van der Waals surface area contributed by atoms with Gasteiger partial charge in [-0.3, -0.25) is 24.2 Å². The number of amides is 2. The Balaban J connectivity index is 0.667. The zero-order valence-electron chi connectivity index (χ0n) is 42.6. The van der Waals surface area contributed by atoms with Gasteiger partial charge >= 0.3 is 0 Å². The number of ether oxygens (including phenoxy) is 3. The summed E-state index contributed by atoms with van der Waals surface area (Å²) in [6, 6.07) is 22.6. The summed E-state index contributed by atoms with van der Waals surface area (Å²) in [7, 11) is 1.55. The summed E-state index contributed by atoms with van der Waals surface area (Å²) < 4.78 is 19.8. The van der Waals surface area contributed by atoms with Gasteiger partial charge in [0.25, 0.3) is 5.91 Å². The molecule has 5 aromatic rings. The summed E-state index contributed by atoms with van der Waals surface area (Å²) in [5, 5.41) is 18.0. The monoisotopic (exact) mass is 974 g/mol. The fraction of sp³-hybridized carbons (Fsp3) is 0.500. The van der Waals surface area contributed by atoms with Gasteiger partial charge in [-0.2, -0.15) is 10.4 Å². The zero-order valence-corrected chi connectivity index (χ0v) is 42.6. The second-order valence-electron chi connectivity index (χ2n) is 21.7. The van der Waals surface area contributed by atoms with Crippen molar-refractivity contribution in [1.29, 1.82) is 5.26 Å². The van der Waals surface area contributed by atoms with Crippen LogP contribution in [0.15, 0.2) is 73.1 Å². The van der Waals surface area contributed by atoms with Crippen LogP contribution in [0.2, 0.25) is 0 Å². The molecule has 6 aliphatic rings. The minimum Gasteiger partial charge on any atom is -0.495 e. The average Bonchev–Trinajstić information content (AvgIpc) is 3.78. The summed E-state index contributed by atoms with van der Waals surface area (Å²) in [5.74, 6) is 3.09. The first-order chi connectivity index (χ1) is 34.8. The van der Waals surface area contributed by atoms with Crippen molar-refractivity contribution < 1.29 is 23.8 Å². The Morgan fingerprint density at radius 1 is 0.847 bits per heavy atom. The molecule has 11 rings (SSSR count). The second-order valence-corrected chi connectivity index (χ2v) is 21.7. The molecule has 8 heterocycles. The van der Waals surface area contributed by atoms with Crippen LogP contribution in [-0.4, -0.2) is 132 Å². The third kappa shape index (κ3) is 8.67. The van der Waals surface area contributed by atoms with E-state index in [2.05, 4.69) is 93.7 Å². The van der Waals surface area contributed by atoms with E-state index in [9.17, 15) is 14.9 Å². The van der Waals surface area contributed by atoms with Crippen molar-refractivity contribution in [2.45, 2.75) is 97.5 Å². The standard InChI is InChI=1S/C56H67N11O5/c1-36(68)64-21-17-47-45(35-64)51(61-67(47)42-18-26-71-27-19-42)66-20-7-8-38-28-46(58-32-48(38)66)40-12-16-50(59-31-40)65-33-43(34-65)63-24-22-62(23-25-63)41-13-9-37(10-14-41)52(69)60-53-55(2,3)54(56(53,4)5)72-44-15-11-39(30-57)49(29-44)70-6/h9-16,28-29,31-32,42-43,53-54H,7-8,17-27,33-35H2,1-6H3,(H,60,69). The number of aryl methyl sites for hydroxylation is 1. The first-order valence-corrected chi connectivity index (χ1v) is 25.9.